The Balaban J connectivity index is 1.53. The Morgan fingerprint density at radius 3 is 2.97 bits per heavy atom. The zero-order valence-electron chi connectivity index (χ0n) is 17.2. The Bertz CT molecular complexity index is 936. The first-order valence-corrected chi connectivity index (χ1v) is 10.7. The molecule has 1 amide bonds. The number of hydrogen-bond donors (Lipinski definition) is 1. The van der Waals surface area contributed by atoms with E-state index in [0.717, 1.165) is 36.9 Å². The number of carbonyl (C=O) groups is 1. The van der Waals surface area contributed by atoms with Crippen LogP contribution in [0.1, 0.15) is 36.8 Å². The maximum Gasteiger partial charge on any atom is 0.240 e. The molecule has 1 aliphatic heterocycles. The molecule has 1 N–H and O–H groups in total. The maximum absolute atomic E-state index is 13.5. The number of likely N-dealkylation sites (N-methyl/N-ethyl adjacent to an activating group) is 1. The number of H-pyrrole nitrogens is 1. The number of rotatable bonds is 6. The SMILES string of the molecule is CN1CCCCCC1C(=O)N(CCc1c[nH]c2ccccc12)Cc1cccnc1. The van der Waals surface area contributed by atoms with Crippen LogP contribution in [0, 0.1) is 0 Å². The first kappa shape index (κ1) is 19.6. The van der Waals surface area contributed by atoms with Gasteiger partial charge >= 0.3 is 0 Å². The Labute approximate surface area is 172 Å². The number of hydrogen-bond acceptors (Lipinski definition) is 3. The molecule has 4 rings (SSSR count). The standard InChI is InChI=1S/C24H30N4O/c1-27-14-6-2-3-11-23(27)24(29)28(18-19-8-7-13-25-16-19)15-12-20-17-26-22-10-5-4-9-21(20)22/h4-5,7-10,13,16-17,23,26H,2-3,6,11-12,14-15,18H2,1H3. The van der Waals surface area contributed by atoms with Crippen LogP contribution in [0.5, 0.6) is 0 Å². The van der Waals surface area contributed by atoms with Gasteiger partial charge in [0.2, 0.25) is 5.91 Å². The highest BCUT2D eigenvalue weighted by Crippen LogP contribution is 2.21. The fraction of sp³-hybridized carbons (Fsp3) is 0.417. The Kier molecular flexibility index (Phi) is 6.25. The summed E-state index contributed by atoms with van der Waals surface area (Å²) < 4.78 is 0. The molecule has 0 aliphatic carbocycles. The number of aromatic amines is 1. The van der Waals surface area contributed by atoms with Crippen molar-refractivity contribution in [1.82, 2.24) is 19.8 Å². The van der Waals surface area contributed by atoms with E-state index in [9.17, 15) is 4.79 Å². The number of pyridine rings is 1. The molecule has 3 heterocycles. The lowest BCUT2D eigenvalue weighted by atomic mass is 10.1. The molecular formula is C24H30N4O. The van der Waals surface area contributed by atoms with Gasteiger partial charge in [-0.15, -0.1) is 0 Å². The highest BCUT2D eigenvalue weighted by molar-refractivity contribution is 5.84. The summed E-state index contributed by atoms with van der Waals surface area (Å²) in [5.41, 5.74) is 3.49. The van der Waals surface area contributed by atoms with E-state index in [0.29, 0.717) is 13.1 Å². The normalized spacial score (nSPS) is 17.9. The van der Waals surface area contributed by atoms with Crippen molar-refractivity contribution in [2.24, 2.45) is 0 Å². The van der Waals surface area contributed by atoms with E-state index in [1.807, 2.05) is 23.2 Å². The molecule has 0 radical (unpaired) electrons. The molecule has 1 aliphatic rings. The van der Waals surface area contributed by atoms with Crippen LogP contribution in [0.15, 0.2) is 55.0 Å². The minimum Gasteiger partial charge on any atom is -0.361 e. The second-order valence-corrected chi connectivity index (χ2v) is 8.08. The third kappa shape index (κ3) is 4.67. The number of aromatic nitrogens is 2. The third-order valence-electron chi connectivity index (χ3n) is 6.04. The lowest BCUT2D eigenvalue weighted by Crippen LogP contribution is -2.47. The van der Waals surface area contributed by atoms with E-state index in [4.69, 9.17) is 0 Å². The Morgan fingerprint density at radius 2 is 2.10 bits per heavy atom. The number of benzene rings is 1. The molecule has 1 fully saturated rings. The lowest BCUT2D eigenvalue weighted by molar-refractivity contribution is -0.137. The topological polar surface area (TPSA) is 52.2 Å². The van der Waals surface area contributed by atoms with Gasteiger partial charge in [-0.3, -0.25) is 14.7 Å². The first-order chi connectivity index (χ1) is 14.2. The van der Waals surface area contributed by atoms with E-state index in [1.54, 1.807) is 6.20 Å². The van der Waals surface area contributed by atoms with Crippen LogP contribution >= 0.6 is 0 Å². The molecule has 29 heavy (non-hydrogen) atoms. The van der Waals surface area contributed by atoms with Gasteiger partial charge in [0.1, 0.15) is 0 Å². The Morgan fingerprint density at radius 1 is 1.21 bits per heavy atom. The highest BCUT2D eigenvalue weighted by Gasteiger charge is 2.29. The summed E-state index contributed by atoms with van der Waals surface area (Å²) in [5, 5.41) is 1.24. The maximum atomic E-state index is 13.5. The fourth-order valence-corrected chi connectivity index (χ4v) is 4.35. The average Bonchev–Trinajstić information content (AvgIpc) is 3.04. The zero-order chi connectivity index (χ0) is 20.1. The van der Waals surface area contributed by atoms with Crippen LogP contribution in [0.25, 0.3) is 10.9 Å². The summed E-state index contributed by atoms with van der Waals surface area (Å²) in [5.74, 6) is 0.248. The van der Waals surface area contributed by atoms with Gasteiger partial charge in [0, 0.05) is 42.6 Å². The highest BCUT2D eigenvalue weighted by atomic mass is 16.2. The van der Waals surface area contributed by atoms with Gasteiger partial charge in [-0.05, 0) is 56.1 Å². The molecule has 152 valence electrons. The number of nitrogens with zero attached hydrogens (tertiary/aromatic N) is 3. The van der Waals surface area contributed by atoms with Crippen LogP contribution in [0.3, 0.4) is 0 Å². The fourth-order valence-electron chi connectivity index (χ4n) is 4.35. The van der Waals surface area contributed by atoms with Crippen molar-refractivity contribution in [2.75, 3.05) is 20.1 Å². The summed E-state index contributed by atoms with van der Waals surface area (Å²) in [7, 11) is 2.09. The second kappa shape index (κ2) is 9.23. The number of para-hydroxylation sites is 1. The van der Waals surface area contributed by atoms with E-state index in [-0.39, 0.29) is 11.9 Å². The molecule has 1 saturated heterocycles. The van der Waals surface area contributed by atoms with Gasteiger partial charge < -0.3 is 9.88 Å². The molecule has 1 unspecified atom stereocenters. The van der Waals surface area contributed by atoms with Gasteiger partial charge in [-0.2, -0.15) is 0 Å². The third-order valence-corrected chi connectivity index (χ3v) is 6.04. The predicted octanol–water partition coefficient (Wildman–Crippen LogP) is 4.01. The van der Waals surface area contributed by atoms with E-state index in [1.165, 1.54) is 23.8 Å². The number of likely N-dealkylation sites (tertiary alicyclic amines) is 1. The van der Waals surface area contributed by atoms with Crippen LogP contribution in [-0.2, 0) is 17.8 Å². The van der Waals surface area contributed by atoms with E-state index in [2.05, 4.69) is 52.4 Å². The molecule has 0 saturated carbocycles. The van der Waals surface area contributed by atoms with Gasteiger partial charge in [0.05, 0.1) is 6.04 Å². The molecule has 0 bridgehead atoms. The summed E-state index contributed by atoms with van der Waals surface area (Å²) in [6.07, 6.45) is 11.0. The van der Waals surface area contributed by atoms with Gasteiger partial charge in [0.25, 0.3) is 0 Å². The minimum atomic E-state index is -0.0165. The van der Waals surface area contributed by atoms with Crippen molar-refractivity contribution < 1.29 is 4.79 Å². The van der Waals surface area contributed by atoms with Crippen LogP contribution in [-0.4, -0.2) is 51.9 Å². The van der Waals surface area contributed by atoms with Crippen molar-refractivity contribution in [2.45, 2.75) is 44.7 Å². The summed E-state index contributed by atoms with van der Waals surface area (Å²) in [4.78, 5) is 25.4. The summed E-state index contributed by atoms with van der Waals surface area (Å²) >= 11 is 0. The number of amides is 1. The number of nitrogens with one attached hydrogen (secondary N) is 1. The van der Waals surface area contributed by atoms with Crippen molar-refractivity contribution in [3.05, 3.63) is 66.1 Å². The van der Waals surface area contributed by atoms with E-state index >= 15 is 0 Å². The molecule has 5 heteroatoms. The molecule has 3 aromatic rings. The summed E-state index contributed by atoms with van der Waals surface area (Å²) in [6.45, 7) is 2.32. The monoisotopic (exact) mass is 390 g/mol. The molecule has 0 spiro atoms. The van der Waals surface area contributed by atoms with Crippen molar-refractivity contribution in [3.63, 3.8) is 0 Å². The minimum absolute atomic E-state index is 0.0165. The number of carbonyl (C=O) groups excluding carboxylic acids is 1. The van der Waals surface area contributed by atoms with Crippen LogP contribution in [0.2, 0.25) is 0 Å². The van der Waals surface area contributed by atoms with Crippen molar-refractivity contribution in [3.8, 4) is 0 Å². The lowest BCUT2D eigenvalue weighted by Gasteiger charge is -2.31. The van der Waals surface area contributed by atoms with Crippen molar-refractivity contribution >= 4 is 16.8 Å². The van der Waals surface area contributed by atoms with Crippen LogP contribution in [0.4, 0.5) is 0 Å². The second-order valence-electron chi connectivity index (χ2n) is 8.08. The molecular weight excluding hydrogens is 360 g/mol. The predicted molar refractivity (Wildman–Crippen MR) is 117 cm³/mol. The largest absolute Gasteiger partial charge is 0.361 e. The molecule has 1 atom stereocenters. The zero-order valence-corrected chi connectivity index (χ0v) is 17.2. The van der Waals surface area contributed by atoms with E-state index < -0.39 is 0 Å². The number of fused-ring (bicyclic) bond motifs is 1. The molecule has 1 aromatic carbocycles. The quantitative estimate of drug-likeness (QED) is 0.692. The van der Waals surface area contributed by atoms with Crippen molar-refractivity contribution in [1.29, 1.82) is 0 Å². The summed E-state index contributed by atoms with van der Waals surface area (Å²) in [6, 6.07) is 12.3. The molecule has 5 nitrogen and oxygen atoms in total. The smallest absolute Gasteiger partial charge is 0.240 e. The Hall–Kier alpha value is -2.66. The first-order valence-electron chi connectivity index (χ1n) is 10.7. The average molecular weight is 391 g/mol. The molecule has 2 aromatic heterocycles. The van der Waals surface area contributed by atoms with Gasteiger partial charge in [-0.1, -0.05) is 37.1 Å². The van der Waals surface area contributed by atoms with Gasteiger partial charge in [0.15, 0.2) is 0 Å². The van der Waals surface area contributed by atoms with Crippen LogP contribution < -0.4 is 0 Å². The van der Waals surface area contributed by atoms with Gasteiger partial charge in [-0.25, -0.2) is 0 Å².